The van der Waals surface area contributed by atoms with Crippen LogP contribution < -0.4 is 4.90 Å². The number of aryl methyl sites for hydroxylation is 1. The van der Waals surface area contributed by atoms with Crippen molar-refractivity contribution >= 4 is 40.6 Å². The number of hydrogen-bond donors (Lipinski definition) is 0. The number of carbonyl (C=O) groups is 2. The lowest BCUT2D eigenvalue weighted by molar-refractivity contribution is 0.0745. The van der Waals surface area contributed by atoms with Crippen LogP contribution in [0, 0.1) is 6.92 Å². The summed E-state index contributed by atoms with van der Waals surface area (Å²) in [5.74, 6) is 0.315. The number of ketones is 1. The third-order valence-corrected chi connectivity index (χ3v) is 6.11. The van der Waals surface area contributed by atoms with Crippen molar-refractivity contribution in [3.63, 3.8) is 0 Å². The molecule has 1 fully saturated rings. The predicted octanol–water partition coefficient (Wildman–Crippen LogP) is 5.12. The van der Waals surface area contributed by atoms with E-state index in [0.717, 1.165) is 5.69 Å². The van der Waals surface area contributed by atoms with E-state index in [1.165, 1.54) is 0 Å². The minimum atomic E-state index is -0.156. The van der Waals surface area contributed by atoms with Crippen LogP contribution in [0.3, 0.4) is 0 Å². The summed E-state index contributed by atoms with van der Waals surface area (Å²) in [5.41, 5.74) is 2.96. The Balaban J connectivity index is 1.52. The highest BCUT2D eigenvalue weighted by atomic mass is 35.5. The lowest BCUT2D eigenvalue weighted by atomic mass is 10.0. The molecule has 6 nitrogen and oxygen atoms in total. The van der Waals surface area contributed by atoms with E-state index in [9.17, 15) is 9.59 Å². The molecule has 0 bridgehead atoms. The van der Waals surface area contributed by atoms with Crippen molar-refractivity contribution in [2.24, 2.45) is 0 Å². The number of benzene rings is 2. The lowest BCUT2D eigenvalue weighted by Crippen LogP contribution is -2.49. The molecular formula is C23H21Cl2N3O3. The van der Waals surface area contributed by atoms with Crippen molar-refractivity contribution in [1.29, 1.82) is 0 Å². The largest absolute Gasteiger partial charge is 0.368 e. The van der Waals surface area contributed by atoms with Gasteiger partial charge in [0, 0.05) is 43.0 Å². The Morgan fingerprint density at radius 3 is 2.16 bits per heavy atom. The highest BCUT2D eigenvalue weighted by Gasteiger charge is 2.30. The molecule has 31 heavy (non-hydrogen) atoms. The second-order valence-corrected chi connectivity index (χ2v) is 8.26. The van der Waals surface area contributed by atoms with Crippen LogP contribution in [0.4, 0.5) is 5.69 Å². The van der Waals surface area contributed by atoms with Gasteiger partial charge >= 0.3 is 0 Å². The average Bonchev–Trinajstić information content (AvgIpc) is 3.14. The number of Topliss-reactive ketones (excluding diaryl/α,β-unsaturated/α-hetero) is 1. The third-order valence-electron chi connectivity index (χ3n) is 5.48. The zero-order valence-electron chi connectivity index (χ0n) is 17.2. The molecule has 0 spiro atoms. The summed E-state index contributed by atoms with van der Waals surface area (Å²) in [5, 5.41) is 4.90. The molecule has 4 rings (SSSR count). The van der Waals surface area contributed by atoms with Gasteiger partial charge in [-0.25, -0.2) is 0 Å². The number of amides is 1. The second-order valence-electron chi connectivity index (χ2n) is 7.44. The molecule has 1 saturated heterocycles. The maximum Gasteiger partial charge on any atom is 0.259 e. The van der Waals surface area contributed by atoms with E-state index < -0.39 is 0 Å². The van der Waals surface area contributed by atoms with Gasteiger partial charge in [0.15, 0.2) is 5.78 Å². The second kappa shape index (κ2) is 8.73. The Bertz CT molecular complexity index is 1110. The monoisotopic (exact) mass is 457 g/mol. The molecule has 8 heteroatoms. The fraction of sp³-hybridized carbons (Fsp3) is 0.261. The molecule has 1 aromatic heterocycles. The molecular weight excluding hydrogens is 437 g/mol. The summed E-state index contributed by atoms with van der Waals surface area (Å²) >= 11 is 12.7. The number of carbonyl (C=O) groups excluding carboxylic acids is 2. The summed E-state index contributed by atoms with van der Waals surface area (Å²) in [6, 6.07) is 12.7. The third kappa shape index (κ3) is 4.18. The maximum absolute atomic E-state index is 13.3. The van der Waals surface area contributed by atoms with Gasteiger partial charge in [-0.2, -0.15) is 0 Å². The number of hydrogen-bond acceptors (Lipinski definition) is 5. The first-order valence-corrected chi connectivity index (χ1v) is 10.7. The van der Waals surface area contributed by atoms with Crippen LogP contribution in [0.15, 0.2) is 47.0 Å². The number of anilines is 1. The van der Waals surface area contributed by atoms with Crippen LogP contribution in [-0.2, 0) is 0 Å². The van der Waals surface area contributed by atoms with Gasteiger partial charge in [0.2, 0.25) is 0 Å². The fourth-order valence-corrected chi connectivity index (χ4v) is 4.33. The normalized spacial score (nSPS) is 14.1. The summed E-state index contributed by atoms with van der Waals surface area (Å²) in [7, 11) is 0. The summed E-state index contributed by atoms with van der Waals surface area (Å²) in [6.07, 6.45) is 0. The van der Waals surface area contributed by atoms with Crippen LogP contribution in [0.1, 0.15) is 33.4 Å². The average molecular weight is 458 g/mol. The van der Waals surface area contributed by atoms with Gasteiger partial charge in [0.1, 0.15) is 17.0 Å². The van der Waals surface area contributed by atoms with Crippen LogP contribution in [-0.4, -0.2) is 47.9 Å². The van der Waals surface area contributed by atoms with Gasteiger partial charge in [-0.3, -0.25) is 9.59 Å². The fourth-order valence-electron chi connectivity index (χ4n) is 3.75. The van der Waals surface area contributed by atoms with Crippen molar-refractivity contribution in [3.05, 3.63) is 69.4 Å². The Labute approximate surface area is 190 Å². The molecule has 0 radical (unpaired) electrons. The Kier molecular flexibility index (Phi) is 6.03. The molecule has 3 aromatic rings. The molecule has 1 aliphatic heterocycles. The molecule has 0 saturated carbocycles. The molecule has 0 N–H and O–H groups in total. The van der Waals surface area contributed by atoms with Crippen molar-refractivity contribution in [2.75, 3.05) is 31.1 Å². The van der Waals surface area contributed by atoms with E-state index in [1.54, 1.807) is 36.9 Å². The highest BCUT2D eigenvalue weighted by Crippen LogP contribution is 2.37. The number of piperazine rings is 1. The summed E-state index contributed by atoms with van der Waals surface area (Å²) < 4.78 is 5.34. The summed E-state index contributed by atoms with van der Waals surface area (Å²) in [4.78, 5) is 28.8. The quantitative estimate of drug-likeness (QED) is 0.508. The van der Waals surface area contributed by atoms with Crippen molar-refractivity contribution in [1.82, 2.24) is 10.1 Å². The summed E-state index contributed by atoms with van der Waals surface area (Å²) in [6.45, 7) is 5.72. The molecule has 2 heterocycles. The van der Waals surface area contributed by atoms with Crippen LogP contribution in [0.25, 0.3) is 11.3 Å². The zero-order valence-corrected chi connectivity index (χ0v) is 18.7. The van der Waals surface area contributed by atoms with E-state index in [-0.39, 0.29) is 11.7 Å². The molecule has 1 amide bonds. The van der Waals surface area contributed by atoms with Crippen molar-refractivity contribution < 1.29 is 14.1 Å². The maximum atomic E-state index is 13.3. The van der Waals surface area contributed by atoms with E-state index in [0.29, 0.717) is 64.4 Å². The van der Waals surface area contributed by atoms with E-state index in [2.05, 4.69) is 10.1 Å². The zero-order chi connectivity index (χ0) is 22.1. The van der Waals surface area contributed by atoms with Gasteiger partial charge in [-0.05, 0) is 50.2 Å². The number of rotatable bonds is 4. The first-order chi connectivity index (χ1) is 14.9. The van der Waals surface area contributed by atoms with Gasteiger partial charge in [-0.1, -0.05) is 34.4 Å². The Morgan fingerprint density at radius 1 is 0.968 bits per heavy atom. The molecule has 1 aliphatic rings. The smallest absolute Gasteiger partial charge is 0.259 e. The van der Waals surface area contributed by atoms with Crippen LogP contribution in [0.5, 0.6) is 0 Å². The highest BCUT2D eigenvalue weighted by molar-refractivity contribution is 6.39. The molecule has 0 atom stereocenters. The minimum absolute atomic E-state index is 0.0421. The molecule has 2 aromatic carbocycles. The molecule has 0 aliphatic carbocycles. The van der Waals surface area contributed by atoms with Crippen molar-refractivity contribution in [3.8, 4) is 11.3 Å². The standard InChI is InChI=1S/C23H21Cl2N3O3/c1-14(29)16-6-8-17(9-7-16)27-10-12-28(13-11-27)23(30)20-15(2)31-26-22(20)21-18(24)4-3-5-19(21)25/h3-9H,10-13H2,1-2H3. The lowest BCUT2D eigenvalue weighted by Gasteiger charge is -2.36. The first-order valence-electron chi connectivity index (χ1n) is 9.92. The Hall–Kier alpha value is -2.83. The van der Waals surface area contributed by atoms with Gasteiger partial charge in [-0.15, -0.1) is 0 Å². The van der Waals surface area contributed by atoms with Gasteiger partial charge in [0.05, 0.1) is 10.0 Å². The van der Waals surface area contributed by atoms with E-state index in [4.69, 9.17) is 27.7 Å². The molecule has 0 unspecified atom stereocenters. The number of aromatic nitrogens is 1. The number of nitrogens with zero attached hydrogens (tertiary/aromatic N) is 3. The van der Waals surface area contributed by atoms with E-state index >= 15 is 0 Å². The number of halogens is 2. The van der Waals surface area contributed by atoms with Gasteiger partial charge in [0.25, 0.3) is 5.91 Å². The minimum Gasteiger partial charge on any atom is -0.368 e. The predicted molar refractivity (Wildman–Crippen MR) is 121 cm³/mol. The topological polar surface area (TPSA) is 66.7 Å². The molecule has 160 valence electrons. The van der Waals surface area contributed by atoms with Crippen LogP contribution >= 0.6 is 23.2 Å². The Morgan fingerprint density at radius 2 is 1.58 bits per heavy atom. The van der Waals surface area contributed by atoms with Gasteiger partial charge < -0.3 is 14.3 Å². The first kappa shape index (κ1) is 21.4. The van der Waals surface area contributed by atoms with E-state index in [1.807, 2.05) is 24.3 Å². The van der Waals surface area contributed by atoms with Crippen molar-refractivity contribution in [2.45, 2.75) is 13.8 Å². The van der Waals surface area contributed by atoms with Crippen LogP contribution in [0.2, 0.25) is 10.0 Å². The SMILES string of the molecule is CC(=O)c1ccc(N2CCN(C(=O)c3c(-c4c(Cl)cccc4Cl)noc3C)CC2)cc1.